The summed E-state index contributed by atoms with van der Waals surface area (Å²) in [7, 11) is 0. The van der Waals surface area contributed by atoms with Gasteiger partial charge in [-0.05, 0) is 25.5 Å². The maximum Gasteiger partial charge on any atom is 0.255 e. The van der Waals surface area contributed by atoms with Gasteiger partial charge in [-0.15, -0.1) is 0 Å². The van der Waals surface area contributed by atoms with E-state index in [4.69, 9.17) is 23.2 Å². The molecule has 0 bridgehead atoms. The highest BCUT2D eigenvalue weighted by atomic mass is 35.5. The molecule has 0 saturated heterocycles. The van der Waals surface area contributed by atoms with Crippen molar-refractivity contribution in [3.8, 4) is 0 Å². The summed E-state index contributed by atoms with van der Waals surface area (Å²) >= 11 is 11.8. The number of nitrogens with zero attached hydrogens (tertiary/aromatic N) is 1. The summed E-state index contributed by atoms with van der Waals surface area (Å²) in [6.07, 6.45) is 1.41. The molecule has 1 N–H and O–H groups in total. The predicted molar refractivity (Wildman–Crippen MR) is 81.2 cm³/mol. The van der Waals surface area contributed by atoms with Gasteiger partial charge in [0, 0.05) is 6.20 Å². The van der Waals surface area contributed by atoms with Crippen molar-refractivity contribution in [2.45, 2.75) is 19.4 Å². The minimum absolute atomic E-state index is 0.135. The van der Waals surface area contributed by atoms with Crippen molar-refractivity contribution in [1.29, 1.82) is 0 Å². The normalized spacial score (nSPS) is 11.2. The van der Waals surface area contributed by atoms with Crippen LogP contribution >= 0.6 is 23.2 Å². The van der Waals surface area contributed by atoms with E-state index in [0.29, 0.717) is 5.02 Å². The number of aromatic nitrogens is 1. The standard InChI is InChI=1S/C15H14Cl2N2O/c1-15(2,10-6-4-3-5-7-10)19-14(20)12-8-11(16)9-18-13(12)17/h3-9H,1-2H3,(H,19,20). The second-order valence-electron chi connectivity index (χ2n) is 4.94. The van der Waals surface area contributed by atoms with Gasteiger partial charge in [0.1, 0.15) is 5.15 Å². The van der Waals surface area contributed by atoms with E-state index in [2.05, 4.69) is 10.3 Å². The molecule has 0 fully saturated rings. The zero-order valence-corrected chi connectivity index (χ0v) is 12.7. The largest absolute Gasteiger partial charge is 0.343 e. The van der Waals surface area contributed by atoms with Crippen LogP contribution in [0.2, 0.25) is 10.2 Å². The molecule has 0 unspecified atom stereocenters. The third kappa shape index (κ3) is 3.30. The Kier molecular flexibility index (Phi) is 4.31. The topological polar surface area (TPSA) is 42.0 Å². The molecule has 0 aliphatic rings. The molecule has 5 heteroatoms. The van der Waals surface area contributed by atoms with Crippen LogP contribution in [-0.4, -0.2) is 10.9 Å². The third-order valence-electron chi connectivity index (χ3n) is 2.97. The first-order chi connectivity index (χ1) is 9.40. The molecular formula is C15H14Cl2N2O. The summed E-state index contributed by atoms with van der Waals surface area (Å²) < 4.78 is 0. The molecule has 0 saturated carbocycles. The predicted octanol–water partition coefficient (Wildman–Crippen LogP) is 4.05. The quantitative estimate of drug-likeness (QED) is 0.869. The molecule has 104 valence electrons. The summed E-state index contributed by atoms with van der Waals surface area (Å²) in [6.45, 7) is 3.85. The van der Waals surface area contributed by atoms with E-state index < -0.39 is 5.54 Å². The van der Waals surface area contributed by atoms with Gasteiger partial charge in [0.2, 0.25) is 0 Å². The van der Waals surface area contributed by atoms with E-state index in [-0.39, 0.29) is 16.6 Å². The first-order valence-electron chi connectivity index (χ1n) is 6.09. The van der Waals surface area contributed by atoms with Crippen molar-refractivity contribution in [3.63, 3.8) is 0 Å². The van der Waals surface area contributed by atoms with Gasteiger partial charge >= 0.3 is 0 Å². The van der Waals surface area contributed by atoms with Crippen LogP contribution in [0.4, 0.5) is 0 Å². The van der Waals surface area contributed by atoms with E-state index in [0.717, 1.165) is 5.56 Å². The number of hydrogen-bond acceptors (Lipinski definition) is 2. The second kappa shape index (κ2) is 5.81. The van der Waals surface area contributed by atoms with Crippen molar-refractivity contribution in [2.24, 2.45) is 0 Å². The van der Waals surface area contributed by atoms with Crippen LogP contribution in [-0.2, 0) is 5.54 Å². The van der Waals surface area contributed by atoms with Gasteiger partial charge < -0.3 is 5.32 Å². The molecule has 0 aliphatic carbocycles. The smallest absolute Gasteiger partial charge is 0.255 e. The number of carbonyl (C=O) groups is 1. The lowest BCUT2D eigenvalue weighted by Crippen LogP contribution is -2.41. The molecule has 1 aromatic carbocycles. The maximum atomic E-state index is 12.3. The molecule has 0 aliphatic heterocycles. The molecule has 2 aromatic rings. The van der Waals surface area contributed by atoms with Gasteiger partial charge in [-0.3, -0.25) is 4.79 Å². The number of rotatable bonds is 3. The maximum absolute atomic E-state index is 12.3. The van der Waals surface area contributed by atoms with Gasteiger partial charge in [0.05, 0.1) is 16.1 Å². The highest BCUT2D eigenvalue weighted by Crippen LogP contribution is 2.22. The summed E-state index contributed by atoms with van der Waals surface area (Å²) in [5, 5.41) is 3.44. The fourth-order valence-electron chi connectivity index (χ4n) is 1.86. The number of nitrogens with one attached hydrogen (secondary N) is 1. The van der Waals surface area contributed by atoms with Crippen LogP contribution in [0.3, 0.4) is 0 Å². The van der Waals surface area contributed by atoms with Gasteiger partial charge in [-0.2, -0.15) is 0 Å². The van der Waals surface area contributed by atoms with E-state index in [9.17, 15) is 4.79 Å². The lowest BCUT2D eigenvalue weighted by atomic mass is 9.94. The van der Waals surface area contributed by atoms with Gasteiger partial charge in [-0.25, -0.2) is 4.98 Å². The fourth-order valence-corrected chi connectivity index (χ4v) is 2.21. The van der Waals surface area contributed by atoms with Crippen LogP contribution in [0.5, 0.6) is 0 Å². The molecule has 20 heavy (non-hydrogen) atoms. The molecule has 3 nitrogen and oxygen atoms in total. The Labute approximate surface area is 127 Å². The first-order valence-corrected chi connectivity index (χ1v) is 6.85. The third-order valence-corrected chi connectivity index (χ3v) is 3.48. The lowest BCUT2D eigenvalue weighted by Gasteiger charge is -2.27. The summed E-state index contributed by atoms with van der Waals surface area (Å²) in [6, 6.07) is 11.2. The van der Waals surface area contributed by atoms with Gasteiger partial charge in [0.25, 0.3) is 5.91 Å². The number of carbonyl (C=O) groups excluding carboxylic acids is 1. The molecular weight excluding hydrogens is 295 g/mol. The van der Waals surface area contributed by atoms with Crippen molar-refractivity contribution in [3.05, 3.63) is 63.9 Å². The van der Waals surface area contributed by atoms with Crippen molar-refractivity contribution in [1.82, 2.24) is 10.3 Å². The lowest BCUT2D eigenvalue weighted by molar-refractivity contribution is 0.0912. The zero-order chi connectivity index (χ0) is 14.8. The van der Waals surface area contributed by atoms with Crippen molar-refractivity contribution >= 4 is 29.1 Å². The number of benzene rings is 1. The zero-order valence-electron chi connectivity index (χ0n) is 11.2. The Morgan fingerprint density at radius 2 is 1.85 bits per heavy atom. The molecule has 1 amide bonds. The van der Waals surface area contributed by atoms with Crippen molar-refractivity contribution in [2.75, 3.05) is 0 Å². The van der Waals surface area contributed by atoms with Crippen LogP contribution < -0.4 is 5.32 Å². The molecule has 0 atom stereocenters. The minimum Gasteiger partial charge on any atom is -0.343 e. The Hall–Kier alpha value is -1.58. The molecule has 2 rings (SSSR count). The van der Waals surface area contributed by atoms with E-state index in [1.54, 1.807) is 0 Å². The molecule has 0 spiro atoms. The summed E-state index contributed by atoms with van der Waals surface area (Å²) in [5.74, 6) is -0.307. The second-order valence-corrected chi connectivity index (χ2v) is 5.73. The SMILES string of the molecule is CC(C)(NC(=O)c1cc(Cl)cnc1Cl)c1ccccc1. The van der Waals surface area contributed by atoms with Crippen molar-refractivity contribution < 1.29 is 4.79 Å². The molecule has 0 radical (unpaired) electrons. The summed E-state index contributed by atoms with van der Waals surface area (Å²) in [5.41, 5.74) is 0.743. The monoisotopic (exact) mass is 308 g/mol. The molecule has 1 heterocycles. The minimum atomic E-state index is -0.524. The van der Waals surface area contributed by atoms with E-state index in [1.165, 1.54) is 12.3 Å². The molecule has 1 aromatic heterocycles. The van der Waals surface area contributed by atoms with Gasteiger partial charge in [-0.1, -0.05) is 53.5 Å². The number of pyridine rings is 1. The van der Waals surface area contributed by atoms with Crippen LogP contribution in [0.15, 0.2) is 42.6 Å². The Morgan fingerprint density at radius 1 is 1.20 bits per heavy atom. The van der Waals surface area contributed by atoms with Crippen LogP contribution in [0.25, 0.3) is 0 Å². The van der Waals surface area contributed by atoms with Crippen LogP contribution in [0.1, 0.15) is 29.8 Å². The van der Waals surface area contributed by atoms with Crippen LogP contribution in [0, 0.1) is 0 Å². The van der Waals surface area contributed by atoms with E-state index in [1.807, 2.05) is 44.2 Å². The van der Waals surface area contributed by atoms with Gasteiger partial charge in [0.15, 0.2) is 0 Å². The highest BCUT2D eigenvalue weighted by Gasteiger charge is 2.24. The first kappa shape index (κ1) is 14.8. The number of halogens is 2. The van der Waals surface area contributed by atoms with E-state index >= 15 is 0 Å². The average Bonchev–Trinajstić information content (AvgIpc) is 2.42. The summed E-state index contributed by atoms with van der Waals surface area (Å²) in [4.78, 5) is 16.2. The highest BCUT2D eigenvalue weighted by molar-refractivity contribution is 6.34. The Bertz CT molecular complexity index is 627. The average molecular weight is 309 g/mol. The number of hydrogen-bond donors (Lipinski definition) is 1. The number of amides is 1. The Morgan fingerprint density at radius 3 is 2.50 bits per heavy atom. The fraction of sp³-hybridized carbons (Fsp3) is 0.200. The Balaban J connectivity index is 2.25.